The minimum atomic E-state index is -4.33. The average Bonchev–Trinajstić information content (AvgIpc) is 2.25. The molecule has 5 nitrogen and oxygen atoms in total. The van der Waals surface area contributed by atoms with Crippen LogP contribution in [0.4, 0.5) is 18.9 Å². The summed E-state index contributed by atoms with van der Waals surface area (Å²) in [5, 5.41) is 2.25. The average molecular weight is 276 g/mol. The van der Waals surface area contributed by atoms with Gasteiger partial charge < -0.3 is 10.7 Å². The number of alkyl halides is 3. The van der Waals surface area contributed by atoms with Crippen molar-refractivity contribution in [1.82, 2.24) is 10.3 Å². The highest BCUT2D eigenvalue weighted by atomic mass is 19.4. The predicted octanol–water partition coefficient (Wildman–Crippen LogP) is 1.75. The summed E-state index contributed by atoms with van der Waals surface area (Å²) in [7, 11) is 0. The molecule has 19 heavy (non-hydrogen) atoms. The van der Waals surface area contributed by atoms with Gasteiger partial charge in [0, 0.05) is 17.9 Å². The fraction of sp³-hybridized carbons (Fsp3) is 0.455. The molecule has 0 radical (unpaired) electrons. The first-order valence-corrected chi connectivity index (χ1v) is 5.54. The number of aromatic nitrogens is 1. The molecule has 0 saturated carbocycles. The first-order valence-electron chi connectivity index (χ1n) is 5.54. The van der Waals surface area contributed by atoms with Gasteiger partial charge in [-0.1, -0.05) is 0 Å². The molecule has 0 aliphatic carbocycles. The van der Waals surface area contributed by atoms with Crippen molar-refractivity contribution >= 4 is 11.6 Å². The standard InChI is InChI=1S/C11H15F3N4O/c1-6-3-9(18-15)8(5-16-6)10(19)17-7(2)4-11(12,13)14/h3,5,7H,4,15H2,1-2H3,(H,16,18)(H,17,19). The fourth-order valence-corrected chi connectivity index (χ4v) is 1.56. The quantitative estimate of drug-likeness (QED) is 0.578. The number of nitrogens with two attached hydrogens (primary N) is 1. The van der Waals surface area contributed by atoms with Crippen molar-refractivity contribution in [2.24, 2.45) is 5.84 Å². The third kappa shape index (κ3) is 4.74. The number of halogens is 3. The van der Waals surface area contributed by atoms with E-state index in [9.17, 15) is 18.0 Å². The van der Waals surface area contributed by atoms with Gasteiger partial charge in [0.15, 0.2) is 0 Å². The molecule has 0 spiro atoms. The second-order valence-corrected chi connectivity index (χ2v) is 4.21. The Hall–Kier alpha value is -1.83. The van der Waals surface area contributed by atoms with Crippen LogP contribution >= 0.6 is 0 Å². The molecule has 1 atom stereocenters. The topological polar surface area (TPSA) is 80.0 Å². The van der Waals surface area contributed by atoms with Crippen molar-refractivity contribution < 1.29 is 18.0 Å². The molecule has 106 valence electrons. The van der Waals surface area contributed by atoms with Gasteiger partial charge in [0.2, 0.25) is 0 Å². The van der Waals surface area contributed by atoms with Gasteiger partial charge in [-0.3, -0.25) is 15.6 Å². The van der Waals surface area contributed by atoms with E-state index in [1.807, 2.05) is 0 Å². The van der Waals surface area contributed by atoms with Crippen LogP contribution in [-0.2, 0) is 0 Å². The van der Waals surface area contributed by atoms with Crippen LogP contribution in [-0.4, -0.2) is 23.1 Å². The van der Waals surface area contributed by atoms with Crippen molar-refractivity contribution in [3.05, 3.63) is 23.5 Å². The van der Waals surface area contributed by atoms with Gasteiger partial charge in [-0.2, -0.15) is 13.2 Å². The van der Waals surface area contributed by atoms with Gasteiger partial charge in [0.05, 0.1) is 17.7 Å². The van der Waals surface area contributed by atoms with Crippen LogP contribution in [0.15, 0.2) is 12.3 Å². The van der Waals surface area contributed by atoms with Crippen molar-refractivity contribution in [1.29, 1.82) is 0 Å². The molecule has 1 aromatic heterocycles. The lowest BCUT2D eigenvalue weighted by molar-refractivity contribution is -0.138. The molecule has 8 heteroatoms. The number of hydrogen-bond donors (Lipinski definition) is 3. The molecule has 0 aliphatic heterocycles. The van der Waals surface area contributed by atoms with Crippen LogP contribution in [0.3, 0.4) is 0 Å². The van der Waals surface area contributed by atoms with E-state index in [4.69, 9.17) is 5.84 Å². The molecule has 1 unspecified atom stereocenters. The molecule has 0 aromatic carbocycles. The van der Waals surface area contributed by atoms with Gasteiger partial charge in [0.1, 0.15) is 0 Å². The molecule has 1 rings (SSSR count). The Morgan fingerprint density at radius 1 is 1.53 bits per heavy atom. The number of carbonyl (C=O) groups excluding carboxylic acids is 1. The number of amides is 1. The summed E-state index contributed by atoms with van der Waals surface area (Å²) in [5.74, 6) is 4.60. The molecular weight excluding hydrogens is 261 g/mol. The third-order valence-electron chi connectivity index (χ3n) is 2.36. The molecule has 0 fully saturated rings. The second kappa shape index (κ2) is 5.87. The Labute approximate surface area is 108 Å². The highest BCUT2D eigenvalue weighted by Crippen LogP contribution is 2.22. The molecule has 1 aromatic rings. The van der Waals surface area contributed by atoms with Gasteiger partial charge >= 0.3 is 6.18 Å². The summed E-state index contributed by atoms with van der Waals surface area (Å²) in [6.07, 6.45) is -4.16. The fourth-order valence-electron chi connectivity index (χ4n) is 1.56. The van der Waals surface area contributed by atoms with Crippen LogP contribution < -0.4 is 16.6 Å². The Morgan fingerprint density at radius 3 is 2.68 bits per heavy atom. The molecule has 1 heterocycles. The highest BCUT2D eigenvalue weighted by molar-refractivity contribution is 5.99. The van der Waals surface area contributed by atoms with E-state index in [1.54, 1.807) is 6.92 Å². The van der Waals surface area contributed by atoms with E-state index in [1.165, 1.54) is 19.2 Å². The summed E-state index contributed by atoms with van der Waals surface area (Å²) in [5.41, 5.74) is 3.36. The Kier molecular flexibility index (Phi) is 4.71. The first-order chi connectivity index (χ1) is 8.73. The minimum absolute atomic E-state index is 0.0992. The predicted molar refractivity (Wildman–Crippen MR) is 64.4 cm³/mol. The maximum absolute atomic E-state index is 12.2. The Morgan fingerprint density at radius 2 is 2.16 bits per heavy atom. The van der Waals surface area contributed by atoms with Crippen LogP contribution in [0.1, 0.15) is 29.4 Å². The van der Waals surface area contributed by atoms with Crippen molar-refractivity contribution in [2.75, 3.05) is 5.43 Å². The number of aryl methyl sites for hydroxylation is 1. The largest absolute Gasteiger partial charge is 0.391 e. The van der Waals surface area contributed by atoms with Crippen molar-refractivity contribution in [2.45, 2.75) is 32.5 Å². The number of rotatable bonds is 4. The Bertz CT molecular complexity index is 462. The summed E-state index contributed by atoms with van der Waals surface area (Å²) in [6, 6.07) is 0.503. The summed E-state index contributed by atoms with van der Waals surface area (Å²) in [6.45, 7) is 2.98. The number of hydrogen-bond acceptors (Lipinski definition) is 4. The zero-order valence-corrected chi connectivity index (χ0v) is 10.5. The van der Waals surface area contributed by atoms with E-state index in [2.05, 4.69) is 15.7 Å². The van der Waals surface area contributed by atoms with Crippen LogP contribution in [0.25, 0.3) is 0 Å². The van der Waals surface area contributed by atoms with Gasteiger partial charge in [-0.15, -0.1) is 0 Å². The number of pyridine rings is 1. The maximum atomic E-state index is 12.2. The van der Waals surface area contributed by atoms with Gasteiger partial charge in [0.25, 0.3) is 5.91 Å². The monoisotopic (exact) mass is 276 g/mol. The van der Waals surface area contributed by atoms with Crippen molar-refractivity contribution in [3.63, 3.8) is 0 Å². The zero-order chi connectivity index (χ0) is 14.6. The summed E-state index contributed by atoms with van der Waals surface area (Å²) < 4.78 is 36.5. The third-order valence-corrected chi connectivity index (χ3v) is 2.36. The number of nitrogens with zero attached hydrogens (tertiary/aromatic N) is 1. The molecule has 1 amide bonds. The van der Waals surface area contributed by atoms with Gasteiger partial charge in [-0.05, 0) is 19.9 Å². The lowest BCUT2D eigenvalue weighted by Crippen LogP contribution is -2.36. The summed E-state index contributed by atoms with van der Waals surface area (Å²) in [4.78, 5) is 15.7. The second-order valence-electron chi connectivity index (χ2n) is 4.21. The number of hydrazine groups is 1. The van der Waals surface area contributed by atoms with Crippen LogP contribution in [0.2, 0.25) is 0 Å². The number of nitrogen functional groups attached to an aromatic ring is 1. The smallest absolute Gasteiger partial charge is 0.349 e. The van der Waals surface area contributed by atoms with Gasteiger partial charge in [-0.25, -0.2) is 0 Å². The molecule has 0 aliphatic rings. The van der Waals surface area contributed by atoms with E-state index in [-0.39, 0.29) is 5.56 Å². The molecule has 0 saturated heterocycles. The lowest BCUT2D eigenvalue weighted by atomic mass is 10.1. The summed E-state index contributed by atoms with van der Waals surface area (Å²) >= 11 is 0. The van der Waals surface area contributed by atoms with E-state index >= 15 is 0 Å². The van der Waals surface area contributed by atoms with Crippen LogP contribution in [0, 0.1) is 6.92 Å². The molecule has 0 bridgehead atoms. The van der Waals surface area contributed by atoms with Crippen LogP contribution in [0.5, 0.6) is 0 Å². The number of anilines is 1. The van der Waals surface area contributed by atoms with E-state index in [0.717, 1.165) is 0 Å². The minimum Gasteiger partial charge on any atom is -0.349 e. The molecule has 4 N–H and O–H groups in total. The maximum Gasteiger partial charge on any atom is 0.391 e. The number of carbonyl (C=O) groups is 1. The molecular formula is C11H15F3N4O. The highest BCUT2D eigenvalue weighted by Gasteiger charge is 2.30. The zero-order valence-electron chi connectivity index (χ0n) is 10.5. The Balaban J connectivity index is 2.78. The van der Waals surface area contributed by atoms with Crippen molar-refractivity contribution in [3.8, 4) is 0 Å². The SMILES string of the molecule is Cc1cc(NN)c(C(=O)NC(C)CC(F)(F)F)cn1. The first kappa shape index (κ1) is 15.2. The normalized spacial score (nSPS) is 12.9. The van der Waals surface area contributed by atoms with E-state index in [0.29, 0.717) is 11.4 Å². The number of nitrogens with one attached hydrogen (secondary N) is 2. The lowest BCUT2D eigenvalue weighted by Gasteiger charge is -2.17. The van der Waals surface area contributed by atoms with E-state index < -0.39 is 24.5 Å².